The van der Waals surface area contributed by atoms with E-state index in [1.165, 1.54) is 21.1 Å². The number of ketones is 1. The van der Waals surface area contributed by atoms with E-state index in [2.05, 4.69) is 0 Å². The molecule has 0 saturated carbocycles. The molecular weight excluding hydrogens is 514 g/mol. The lowest BCUT2D eigenvalue weighted by Gasteiger charge is -2.29. The monoisotopic (exact) mass is 549 g/mol. The van der Waals surface area contributed by atoms with Crippen LogP contribution in [0.4, 0.5) is 0 Å². The Bertz CT molecular complexity index is 1250. The molecule has 1 fully saturated rings. The molecule has 2 aromatic rings. The number of rotatable bonds is 10. The number of carbonyl (C=O) groups is 4. The van der Waals surface area contributed by atoms with Gasteiger partial charge in [0.2, 0.25) is 5.91 Å². The van der Waals surface area contributed by atoms with Gasteiger partial charge in [-0.3, -0.25) is 19.2 Å². The molecule has 0 spiro atoms. The fraction of sp³-hybridized carbons (Fsp3) is 0.355. The largest absolute Gasteiger partial charge is 0.493 e. The number of ether oxygens (including phenoxy) is 4. The van der Waals surface area contributed by atoms with Crippen molar-refractivity contribution in [3.05, 3.63) is 58.7 Å². The third-order valence-electron chi connectivity index (χ3n) is 6.16. The van der Waals surface area contributed by atoms with Crippen molar-refractivity contribution in [1.29, 1.82) is 0 Å². The highest BCUT2D eigenvalue weighted by atomic mass is 16.6. The third-order valence-corrected chi connectivity index (χ3v) is 6.16. The van der Waals surface area contributed by atoms with Crippen molar-refractivity contribution in [2.75, 3.05) is 27.3 Å². The van der Waals surface area contributed by atoms with Crippen LogP contribution in [0.5, 0.6) is 23.0 Å². The van der Waals surface area contributed by atoms with E-state index >= 15 is 0 Å². The lowest BCUT2D eigenvalue weighted by atomic mass is 9.94. The van der Waals surface area contributed by atoms with Crippen molar-refractivity contribution in [1.82, 2.24) is 4.90 Å². The maximum Gasteiger partial charge on any atom is 0.311 e. The first kappa shape index (κ1) is 30.1. The standard InChI is InChI=1S/C31H35NO8/c1-6-8-29(34)39-25-12-10-21(16-27(25)37-4)14-23-18-32(20(3)33)19-24(31(23)36)15-22-11-13-26(28(17-22)38-5)40-30(35)9-7-2/h10-17H,6-9,18-19H2,1-5H3/b23-14+,24-15+. The summed E-state index contributed by atoms with van der Waals surface area (Å²) in [4.78, 5) is 51.3. The summed E-state index contributed by atoms with van der Waals surface area (Å²) in [5, 5.41) is 0. The van der Waals surface area contributed by atoms with Gasteiger partial charge in [-0.25, -0.2) is 0 Å². The molecule has 0 atom stereocenters. The zero-order valence-electron chi connectivity index (χ0n) is 23.6. The molecule has 0 unspecified atom stereocenters. The van der Waals surface area contributed by atoms with Crippen LogP contribution in [0.25, 0.3) is 12.2 Å². The number of nitrogens with zero attached hydrogens (tertiary/aromatic N) is 1. The lowest BCUT2D eigenvalue weighted by molar-refractivity contribution is -0.135. The van der Waals surface area contributed by atoms with Crippen LogP contribution in [-0.2, 0) is 19.2 Å². The number of likely N-dealkylation sites (tertiary alicyclic amines) is 1. The lowest BCUT2D eigenvalue weighted by Crippen LogP contribution is -2.40. The van der Waals surface area contributed by atoms with Crippen molar-refractivity contribution in [2.24, 2.45) is 0 Å². The molecule has 1 aliphatic heterocycles. The second-order valence-corrected chi connectivity index (χ2v) is 9.31. The molecule has 212 valence electrons. The van der Waals surface area contributed by atoms with Crippen LogP contribution in [0.1, 0.15) is 57.6 Å². The highest BCUT2D eigenvalue weighted by Crippen LogP contribution is 2.32. The molecule has 3 rings (SSSR count). The van der Waals surface area contributed by atoms with Crippen LogP contribution in [0.3, 0.4) is 0 Å². The Morgan fingerprint density at radius 2 is 1.18 bits per heavy atom. The Balaban J connectivity index is 1.93. The molecular formula is C31H35NO8. The minimum absolute atomic E-state index is 0.150. The second kappa shape index (κ2) is 14.1. The normalized spacial score (nSPS) is 15.2. The molecule has 9 heteroatoms. The second-order valence-electron chi connectivity index (χ2n) is 9.31. The van der Waals surface area contributed by atoms with Crippen molar-refractivity contribution >= 4 is 35.8 Å². The van der Waals surface area contributed by atoms with E-state index in [0.29, 0.717) is 58.1 Å². The van der Waals surface area contributed by atoms with Gasteiger partial charge in [0.15, 0.2) is 28.8 Å². The fourth-order valence-corrected chi connectivity index (χ4v) is 4.14. The van der Waals surface area contributed by atoms with E-state index in [9.17, 15) is 19.2 Å². The molecule has 1 aliphatic rings. The van der Waals surface area contributed by atoms with Gasteiger partial charge in [0.25, 0.3) is 0 Å². The zero-order chi connectivity index (χ0) is 29.2. The molecule has 0 N–H and O–H groups in total. The van der Waals surface area contributed by atoms with Crippen LogP contribution in [-0.4, -0.2) is 55.8 Å². The average molecular weight is 550 g/mol. The van der Waals surface area contributed by atoms with Gasteiger partial charge in [0.05, 0.1) is 14.2 Å². The highest BCUT2D eigenvalue weighted by Gasteiger charge is 2.28. The van der Waals surface area contributed by atoms with Gasteiger partial charge in [-0.2, -0.15) is 0 Å². The molecule has 1 saturated heterocycles. The summed E-state index contributed by atoms with van der Waals surface area (Å²) in [7, 11) is 2.94. The number of esters is 2. The maximum atomic E-state index is 13.5. The zero-order valence-corrected chi connectivity index (χ0v) is 23.6. The maximum absolute atomic E-state index is 13.5. The summed E-state index contributed by atoms with van der Waals surface area (Å²) in [6, 6.07) is 10.0. The first-order chi connectivity index (χ1) is 19.2. The molecule has 2 aromatic carbocycles. The van der Waals surface area contributed by atoms with Crippen molar-refractivity contribution in [3.63, 3.8) is 0 Å². The number of hydrogen-bond acceptors (Lipinski definition) is 8. The van der Waals surface area contributed by atoms with Gasteiger partial charge in [-0.1, -0.05) is 26.0 Å². The number of hydrogen-bond donors (Lipinski definition) is 0. The van der Waals surface area contributed by atoms with Crippen LogP contribution in [0, 0.1) is 0 Å². The Hall–Kier alpha value is -4.40. The Morgan fingerprint density at radius 1 is 0.750 bits per heavy atom. The Kier molecular flexibility index (Phi) is 10.6. The summed E-state index contributed by atoms with van der Waals surface area (Å²) >= 11 is 0. The minimum atomic E-state index is -0.356. The summed E-state index contributed by atoms with van der Waals surface area (Å²) in [5.41, 5.74) is 2.14. The molecule has 40 heavy (non-hydrogen) atoms. The predicted molar refractivity (Wildman–Crippen MR) is 150 cm³/mol. The summed E-state index contributed by atoms with van der Waals surface area (Å²) in [5.74, 6) is 0.211. The topological polar surface area (TPSA) is 108 Å². The molecule has 1 heterocycles. The number of methoxy groups -OCH3 is 2. The van der Waals surface area contributed by atoms with E-state index in [1.807, 2.05) is 13.8 Å². The van der Waals surface area contributed by atoms with Crippen LogP contribution < -0.4 is 18.9 Å². The van der Waals surface area contributed by atoms with E-state index in [4.69, 9.17) is 18.9 Å². The van der Waals surface area contributed by atoms with Gasteiger partial charge in [0.1, 0.15) is 0 Å². The molecule has 0 aliphatic carbocycles. The summed E-state index contributed by atoms with van der Waals surface area (Å²) in [6.45, 7) is 5.53. The van der Waals surface area contributed by atoms with Crippen molar-refractivity contribution in [3.8, 4) is 23.0 Å². The molecule has 1 amide bonds. The molecule has 0 aromatic heterocycles. The number of amides is 1. The predicted octanol–water partition coefficient (Wildman–Crippen LogP) is 5.01. The Labute approximate surface area is 234 Å². The average Bonchev–Trinajstić information content (AvgIpc) is 2.92. The van der Waals surface area contributed by atoms with Crippen molar-refractivity contribution in [2.45, 2.75) is 46.5 Å². The van der Waals surface area contributed by atoms with Gasteiger partial charge >= 0.3 is 11.9 Å². The molecule has 0 radical (unpaired) electrons. The summed E-state index contributed by atoms with van der Waals surface area (Å²) < 4.78 is 21.6. The van der Waals surface area contributed by atoms with E-state index in [0.717, 1.165) is 0 Å². The van der Waals surface area contributed by atoms with Gasteiger partial charge in [-0.05, 0) is 60.4 Å². The Morgan fingerprint density at radius 3 is 1.52 bits per heavy atom. The smallest absolute Gasteiger partial charge is 0.311 e. The van der Waals surface area contributed by atoms with Gasteiger partial charge in [-0.15, -0.1) is 0 Å². The van der Waals surface area contributed by atoms with E-state index in [1.54, 1.807) is 53.5 Å². The quantitative estimate of drug-likeness (QED) is 0.231. The SMILES string of the molecule is CCCC(=O)Oc1ccc(/C=C2\CN(C(C)=O)C/C(=C\c3ccc(OC(=O)CCC)c(OC)c3)C2=O)cc1OC. The minimum Gasteiger partial charge on any atom is -0.493 e. The number of benzene rings is 2. The highest BCUT2D eigenvalue weighted by molar-refractivity contribution is 6.15. The van der Waals surface area contributed by atoms with Crippen LogP contribution in [0.15, 0.2) is 47.5 Å². The van der Waals surface area contributed by atoms with Crippen LogP contribution >= 0.6 is 0 Å². The van der Waals surface area contributed by atoms with Crippen molar-refractivity contribution < 1.29 is 38.1 Å². The van der Waals surface area contributed by atoms with Gasteiger partial charge in [0, 0.05) is 44.0 Å². The van der Waals surface area contributed by atoms with E-state index < -0.39 is 0 Å². The number of piperidine rings is 1. The van der Waals surface area contributed by atoms with Crippen LogP contribution in [0.2, 0.25) is 0 Å². The summed E-state index contributed by atoms with van der Waals surface area (Å²) in [6.07, 6.45) is 5.30. The van der Waals surface area contributed by atoms with Gasteiger partial charge < -0.3 is 23.8 Å². The fourth-order valence-electron chi connectivity index (χ4n) is 4.14. The first-order valence-corrected chi connectivity index (χ1v) is 13.2. The third kappa shape index (κ3) is 7.81. The molecule has 9 nitrogen and oxygen atoms in total. The number of Topliss-reactive ketones (excluding diaryl/α,β-unsaturated/α-hetero) is 1. The first-order valence-electron chi connectivity index (χ1n) is 13.2. The number of carbonyl (C=O) groups excluding carboxylic acids is 4. The molecule has 0 bridgehead atoms. The van der Waals surface area contributed by atoms with E-state index in [-0.39, 0.29) is 49.6 Å².